The van der Waals surface area contributed by atoms with Crippen molar-refractivity contribution in [3.8, 4) is 5.75 Å². The zero-order valence-electron chi connectivity index (χ0n) is 16.4. The summed E-state index contributed by atoms with van der Waals surface area (Å²) in [6.45, 7) is 4.31. The predicted octanol–water partition coefficient (Wildman–Crippen LogP) is 2.11. The van der Waals surface area contributed by atoms with Crippen molar-refractivity contribution in [2.75, 3.05) is 0 Å². The molecule has 6 nitrogen and oxygen atoms in total. The van der Waals surface area contributed by atoms with Gasteiger partial charge in [0.2, 0.25) is 11.8 Å². The highest BCUT2D eigenvalue weighted by molar-refractivity contribution is 5.90. The van der Waals surface area contributed by atoms with Gasteiger partial charge in [-0.25, -0.2) is 0 Å². The molecule has 5 N–H and O–H groups in total. The summed E-state index contributed by atoms with van der Waals surface area (Å²) in [6.07, 6.45) is 1.07. The first kappa shape index (κ1) is 21.4. The molecule has 0 aromatic heterocycles. The molecule has 0 saturated heterocycles. The second-order valence-electron chi connectivity index (χ2n) is 7.05. The van der Waals surface area contributed by atoms with Gasteiger partial charge in [0, 0.05) is 6.54 Å². The standard InChI is InChI=1S/C22H29N3O3/c1-3-15(2)20(22(28)24-14-17-7-5-4-6-8-17)25-21(27)19(23)13-16-9-11-18(26)12-10-16/h4-12,15,19-20,26H,3,13-14,23H2,1-2H3,(H,24,28)(H,25,27)/t15-,19-,20-/m0/s1. The first-order chi connectivity index (χ1) is 13.4. The molecule has 150 valence electrons. The second-order valence-corrected chi connectivity index (χ2v) is 7.05. The topological polar surface area (TPSA) is 104 Å². The Kier molecular flexibility index (Phi) is 8.02. The van der Waals surface area contributed by atoms with Gasteiger partial charge < -0.3 is 21.5 Å². The van der Waals surface area contributed by atoms with Crippen LogP contribution in [0.1, 0.15) is 31.4 Å². The van der Waals surface area contributed by atoms with Crippen LogP contribution >= 0.6 is 0 Å². The van der Waals surface area contributed by atoms with Gasteiger partial charge in [-0.05, 0) is 35.6 Å². The summed E-state index contributed by atoms with van der Waals surface area (Å²) in [4.78, 5) is 25.2. The highest BCUT2D eigenvalue weighted by atomic mass is 16.3. The van der Waals surface area contributed by atoms with Crippen LogP contribution < -0.4 is 16.4 Å². The van der Waals surface area contributed by atoms with Crippen molar-refractivity contribution in [1.29, 1.82) is 0 Å². The van der Waals surface area contributed by atoms with Crippen LogP contribution in [0.3, 0.4) is 0 Å². The summed E-state index contributed by atoms with van der Waals surface area (Å²) in [7, 11) is 0. The minimum Gasteiger partial charge on any atom is -0.508 e. The van der Waals surface area contributed by atoms with Crippen LogP contribution in [-0.4, -0.2) is 29.0 Å². The molecule has 0 radical (unpaired) electrons. The van der Waals surface area contributed by atoms with Gasteiger partial charge in [-0.3, -0.25) is 9.59 Å². The molecule has 0 bridgehead atoms. The molecule has 0 aliphatic carbocycles. The minimum atomic E-state index is -0.780. The lowest BCUT2D eigenvalue weighted by atomic mass is 9.97. The van der Waals surface area contributed by atoms with Gasteiger partial charge in [-0.2, -0.15) is 0 Å². The van der Waals surface area contributed by atoms with Crippen LogP contribution in [0.4, 0.5) is 0 Å². The Bertz CT molecular complexity index is 762. The maximum Gasteiger partial charge on any atom is 0.243 e. The van der Waals surface area contributed by atoms with Crippen molar-refractivity contribution < 1.29 is 14.7 Å². The highest BCUT2D eigenvalue weighted by Gasteiger charge is 2.27. The summed E-state index contributed by atoms with van der Waals surface area (Å²) in [5.41, 5.74) is 7.87. The normalized spacial score (nSPS) is 14.0. The number of nitrogens with one attached hydrogen (secondary N) is 2. The predicted molar refractivity (Wildman–Crippen MR) is 109 cm³/mol. The number of nitrogens with two attached hydrogens (primary N) is 1. The van der Waals surface area contributed by atoms with Gasteiger partial charge >= 0.3 is 0 Å². The van der Waals surface area contributed by atoms with Crippen LogP contribution in [0.5, 0.6) is 5.75 Å². The van der Waals surface area contributed by atoms with E-state index in [4.69, 9.17) is 5.73 Å². The SMILES string of the molecule is CC[C@H](C)[C@H](NC(=O)[C@@H](N)Cc1ccc(O)cc1)C(=O)NCc1ccccc1. The van der Waals surface area contributed by atoms with E-state index in [1.54, 1.807) is 24.3 Å². The number of phenolic OH excluding ortho intramolecular Hbond substituents is 1. The molecule has 0 aliphatic rings. The Morgan fingerprint density at radius 3 is 2.25 bits per heavy atom. The first-order valence-electron chi connectivity index (χ1n) is 9.56. The number of aromatic hydroxyl groups is 1. The molecule has 2 aromatic rings. The molecule has 2 rings (SSSR count). The fraction of sp³-hybridized carbons (Fsp3) is 0.364. The average molecular weight is 383 g/mol. The third kappa shape index (κ3) is 6.39. The zero-order valence-corrected chi connectivity index (χ0v) is 16.4. The third-order valence-electron chi connectivity index (χ3n) is 4.83. The maximum atomic E-state index is 12.7. The number of amides is 2. The van der Waals surface area contributed by atoms with Crippen LogP contribution in [0.25, 0.3) is 0 Å². The molecular formula is C22H29N3O3. The maximum absolute atomic E-state index is 12.7. The molecule has 0 spiro atoms. The Hall–Kier alpha value is -2.86. The number of hydrogen-bond acceptors (Lipinski definition) is 4. The molecule has 0 heterocycles. The molecule has 0 fully saturated rings. The largest absolute Gasteiger partial charge is 0.508 e. The van der Waals surface area contributed by atoms with Gasteiger partial charge in [0.1, 0.15) is 11.8 Å². The van der Waals surface area contributed by atoms with E-state index in [1.807, 2.05) is 44.2 Å². The second kappa shape index (κ2) is 10.5. The number of rotatable bonds is 9. The number of benzene rings is 2. The van der Waals surface area contributed by atoms with Gasteiger partial charge in [-0.15, -0.1) is 0 Å². The summed E-state index contributed by atoms with van der Waals surface area (Å²) in [5.74, 6) is -0.453. The van der Waals surface area contributed by atoms with E-state index in [9.17, 15) is 14.7 Å². The average Bonchev–Trinajstić information content (AvgIpc) is 2.71. The van der Waals surface area contributed by atoms with Crippen LogP contribution in [0, 0.1) is 5.92 Å². The van der Waals surface area contributed by atoms with Crippen LogP contribution in [0.2, 0.25) is 0 Å². The van der Waals surface area contributed by atoms with Gasteiger partial charge in [0.05, 0.1) is 6.04 Å². The van der Waals surface area contributed by atoms with Crippen molar-refractivity contribution in [2.24, 2.45) is 11.7 Å². The van der Waals surface area contributed by atoms with Gasteiger partial charge in [0.15, 0.2) is 0 Å². The lowest BCUT2D eigenvalue weighted by Gasteiger charge is -2.25. The van der Waals surface area contributed by atoms with Crippen molar-refractivity contribution in [3.05, 3.63) is 65.7 Å². The number of carbonyl (C=O) groups excluding carboxylic acids is 2. The smallest absolute Gasteiger partial charge is 0.243 e. The Morgan fingerprint density at radius 1 is 1.00 bits per heavy atom. The van der Waals surface area contributed by atoms with Crippen LogP contribution in [-0.2, 0) is 22.6 Å². The van der Waals surface area contributed by atoms with E-state index >= 15 is 0 Å². The molecule has 3 atom stereocenters. The van der Waals surface area contributed by atoms with E-state index in [0.717, 1.165) is 17.5 Å². The quantitative estimate of drug-likeness (QED) is 0.532. The molecule has 0 aliphatic heterocycles. The third-order valence-corrected chi connectivity index (χ3v) is 4.83. The summed E-state index contributed by atoms with van der Waals surface area (Å²) < 4.78 is 0. The Balaban J connectivity index is 1.96. The summed E-state index contributed by atoms with van der Waals surface area (Å²) in [6, 6.07) is 14.7. The van der Waals surface area contributed by atoms with Crippen LogP contribution in [0.15, 0.2) is 54.6 Å². The number of hydrogen-bond donors (Lipinski definition) is 4. The van der Waals surface area contributed by atoms with Crippen molar-refractivity contribution in [1.82, 2.24) is 10.6 Å². The van der Waals surface area contributed by atoms with E-state index in [0.29, 0.717) is 13.0 Å². The summed E-state index contributed by atoms with van der Waals surface area (Å²) >= 11 is 0. The molecule has 0 unspecified atom stereocenters. The molecule has 2 aromatic carbocycles. The molecule has 2 amide bonds. The Morgan fingerprint density at radius 2 is 1.64 bits per heavy atom. The van der Waals surface area contributed by atoms with E-state index in [2.05, 4.69) is 10.6 Å². The molecular weight excluding hydrogens is 354 g/mol. The molecule has 6 heteroatoms. The van der Waals surface area contributed by atoms with E-state index in [-0.39, 0.29) is 23.5 Å². The summed E-state index contributed by atoms with van der Waals surface area (Å²) in [5, 5.41) is 15.0. The lowest BCUT2D eigenvalue weighted by Crippen LogP contribution is -2.54. The monoisotopic (exact) mass is 383 g/mol. The fourth-order valence-electron chi connectivity index (χ4n) is 2.84. The zero-order chi connectivity index (χ0) is 20.5. The lowest BCUT2D eigenvalue weighted by molar-refractivity contribution is -0.130. The van der Waals surface area contributed by atoms with Crippen molar-refractivity contribution >= 4 is 11.8 Å². The van der Waals surface area contributed by atoms with E-state index < -0.39 is 12.1 Å². The highest BCUT2D eigenvalue weighted by Crippen LogP contribution is 2.12. The minimum absolute atomic E-state index is 0.0272. The van der Waals surface area contributed by atoms with Gasteiger partial charge in [0.25, 0.3) is 0 Å². The van der Waals surface area contributed by atoms with Gasteiger partial charge in [-0.1, -0.05) is 62.7 Å². The van der Waals surface area contributed by atoms with Crippen molar-refractivity contribution in [3.63, 3.8) is 0 Å². The number of carbonyl (C=O) groups is 2. The molecule has 0 saturated carbocycles. The van der Waals surface area contributed by atoms with E-state index in [1.165, 1.54) is 0 Å². The first-order valence-corrected chi connectivity index (χ1v) is 9.56. The molecule has 28 heavy (non-hydrogen) atoms. The number of phenols is 1. The van der Waals surface area contributed by atoms with Crippen molar-refractivity contribution in [2.45, 2.75) is 45.3 Å². The Labute approximate surface area is 166 Å². The fourth-order valence-corrected chi connectivity index (χ4v) is 2.84.